The first kappa shape index (κ1) is 22.0. The summed E-state index contributed by atoms with van der Waals surface area (Å²) in [5.74, 6) is 0.737. The molecule has 0 unspecified atom stereocenters. The van der Waals surface area contributed by atoms with E-state index in [-0.39, 0.29) is 4.90 Å². The maximum atomic E-state index is 13.1. The first-order chi connectivity index (χ1) is 15.0. The molecule has 1 N–H and O–H groups in total. The molecule has 0 aliphatic carbocycles. The Morgan fingerprint density at radius 1 is 1.16 bits per heavy atom. The molecular formula is C23H31N3O4S. The van der Waals surface area contributed by atoms with Crippen LogP contribution < -0.4 is 9.46 Å². The summed E-state index contributed by atoms with van der Waals surface area (Å²) in [7, 11) is -2.23. The van der Waals surface area contributed by atoms with Crippen LogP contribution in [-0.2, 0) is 27.6 Å². The third-order valence-electron chi connectivity index (χ3n) is 6.29. The number of aromatic nitrogens is 1. The summed E-state index contributed by atoms with van der Waals surface area (Å²) in [5.41, 5.74) is 3.60. The molecule has 7 nitrogen and oxygen atoms in total. The van der Waals surface area contributed by atoms with Gasteiger partial charge in [-0.3, -0.25) is 4.72 Å². The van der Waals surface area contributed by atoms with Crippen LogP contribution in [0.2, 0.25) is 0 Å². The zero-order valence-corrected chi connectivity index (χ0v) is 19.1. The summed E-state index contributed by atoms with van der Waals surface area (Å²) in [4.78, 5) is 7.23. The van der Waals surface area contributed by atoms with Crippen molar-refractivity contribution in [2.45, 2.75) is 43.4 Å². The number of fused-ring (bicyclic) bond motifs is 1. The van der Waals surface area contributed by atoms with Crippen LogP contribution in [0.4, 0.5) is 5.69 Å². The summed E-state index contributed by atoms with van der Waals surface area (Å²) in [6, 6.07) is 9.06. The predicted molar refractivity (Wildman–Crippen MR) is 120 cm³/mol. The standard InChI is InChI=1S/C23H31N3O4S/c1-3-26-12-8-19-16-22(23(29-2)24-21(19)9-13-26)25-31(27,28)20-6-4-17(5-7-20)18-10-14-30-15-11-18/h4-7,16,18,25H,3,8-15H2,1-2H3. The van der Waals surface area contributed by atoms with Gasteiger partial charge in [0.1, 0.15) is 5.69 Å². The zero-order valence-electron chi connectivity index (χ0n) is 18.3. The number of ether oxygens (including phenoxy) is 2. The lowest BCUT2D eigenvalue weighted by molar-refractivity contribution is 0.0853. The number of anilines is 1. The van der Waals surface area contributed by atoms with E-state index in [1.165, 1.54) is 7.11 Å². The molecule has 0 atom stereocenters. The minimum atomic E-state index is -3.75. The average molecular weight is 446 g/mol. The van der Waals surface area contributed by atoms with Gasteiger partial charge in [-0.05, 0) is 61.1 Å². The summed E-state index contributed by atoms with van der Waals surface area (Å²) in [6.45, 7) is 6.55. The van der Waals surface area contributed by atoms with Crippen LogP contribution in [0.5, 0.6) is 5.88 Å². The number of hydrogen-bond acceptors (Lipinski definition) is 6. The lowest BCUT2D eigenvalue weighted by Crippen LogP contribution is -2.25. The van der Waals surface area contributed by atoms with Gasteiger partial charge in [0, 0.05) is 38.4 Å². The Bertz CT molecular complexity index is 1000. The van der Waals surface area contributed by atoms with Crippen molar-refractivity contribution in [1.82, 2.24) is 9.88 Å². The van der Waals surface area contributed by atoms with Crippen molar-refractivity contribution in [2.24, 2.45) is 0 Å². The van der Waals surface area contributed by atoms with Gasteiger partial charge in [-0.2, -0.15) is 0 Å². The van der Waals surface area contributed by atoms with E-state index in [0.29, 0.717) is 17.5 Å². The van der Waals surface area contributed by atoms with Crippen molar-refractivity contribution in [2.75, 3.05) is 44.7 Å². The highest BCUT2D eigenvalue weighted by atomic mass is 32.2. The first-order valence-corrected chi connectivity index (χ1v) is 12.5. The van der Waals surface area contributed by atoms with Crippen molar-refractivity contribution in [3.8, 4) is 5.88 Å². The Balaban J connectivity index is 1.55. The van der Waals surface area contributed by atoms with Crippen LogP contribution in [0.3, 0.4) is 0 Å². The minimum Gasteiger partial charge on any atom is -0.479 e. The predicted octanol–water partition coefficient (Wildman–Crippen LogP) is 3.21. The fourth-order valence-electron chi connectivity index (χ4n) is 4.36. The van der Waals surface area contributed by atoms with Gasteiger partial charge >= 0.3 is 0 Å². The number of benzene rings is 1. The van der Waals surface area contributed by atoms with Crippen LogP contribution >= 0.6 is 0 Å². The molecule has 0 bridgehead atoms. The molecule has 0 radical (unpaired) electrons. The molecule has 168 valence electrons. The number of methoxy groups -OCH3 is 1. The molecule has 2 aliphatic heterocycles. The van der Waals surface area contributed by atoms with Gasteiger partial charge in [0.05, 0.1) is 12.0 Å². The van der Waals surface area contributed by atoms with E-state index in [9.17, 15) is 8.42 Å². The highest BCUT2D eigenvalue weighted by Gasteiger charge is 2.22. The van der Waals surface area contributed by atoms with Crippen molar-refractivity contribution in [1.29, 1.82) is 0 Å². The van der Waals surface area contributed by atoms with Crippen molar-refractivity contribution in [3.63, 3.8) is 0 Å². The van der Waals surface area contributed by atoms with Crippen molar-refractivity contribution >= 4 is 15.7 Å². The normalized spacial score (nSPS) is 18.3. The molecule has 0 spiro atoms. The van der Waals surface area contributed by atoms with Crippen molar-refractivity contribution in [3.05, 3.63) is 47.2 Å². The molecule has 8 heteroatoms. The number of hydrogen-bond donors (Lipinski definition) is 1. The fourth-order valence-corrected chi connectivity index (χ4v) is 5.41. The topological polar surface area (TPSA) is 80.8 Å². The maximum absolute atomic E-state index is 13.1. The largest absolute Gasteiger partial charge is 0.479 e. The second-order valence-corrected chi connectivity index (χ2v) is 9.83. The molecule has 0 amide bonds. The average Bonchev–Trinajstić information content (AvgIpc) is 3.00. The van der Waals surface area contributed by atoms with Gasteiger partial charge in [-0.1, -0.05) is 19.1 Å². The summed E-state index contributed by atoms with van der Waals surface area (Å²) in [6.07, 6.45) is 3.62. The molecule has 1 aromatic heterocycles. The van der Waals surface area contributed by atoms with Gasteiger partial charge in [-0.15, -0.1) is 0 Å². The van der Waals surface area contributed by atoms with Crippen LogP contribution in [0.25, 0.3) is 0 Å². The van der Waals surface area contributed by atoms with Gasteiger partial charge in [-0.25, -0.2) is 13.4 Å². The highest BCUT2D eigenvalue weighted by Crippen LogP contribution is 2.31. The molecule has 4 rings (SSSR count). The molecule has 1 fully saturated rings. The Morgan fingerprint density at radius 3 is 2.55 bits per heavy atom. The van der Waals surface area contributed by atoms with Gasteiger partial charge in [0.2, 0.25) is 5.88 Å². The van der Waals surface area contributed by atoms with E-state index < -0.39 is 10.0 Å². The van der Waals surface area contributed by atoms with Crippen molar-refractivity contribution < 1.29 is 17.9 Å². The monoisotopic (exact) mass is 445 g/mol. The van der Waals surface area contributed by atoms with Gasteiger partial charge in [0.25, 0.3) is 10.0 Å². The number of nitrogens with zero attached hydrogens (tertiary/aromatic N) is 2. The molecule has 3 heterocycles. The van der Waals surface area contributed by atoms with Gasteiger partial charge in [0.15, 0.2) is 0 Å². The third kappa shape index (κ3) is 5.02. The first-order valence-electron chi connectivity index (χ1n) is 11.0. The number of nitrogens with one attached hydrogen (secondary N) is 1. The summed E-state index contributed by atoms with van der Waals surface area (Å²) in [5, 5.41) is 0. The molecule has 31 heavy (non-hydrogen) atoms. The Hall–Kier alpha value is -2.16. The number of pyridine rings is 1. The lowest BCUT2D eigenvalue weighted by atomic mass is 9.92. The smallest absolute Gasteiger partial charge is 0.262 e. The minimum absolute atomic E-state index is 0.234. The summed E-state index contributed by atoms with van der Waals surface area (Å²) >= 11 is 0. The fraction of sp³-hybridized carbons (Fsp3) is 0.522. The highest BCUT2D eigenvalue weighted by molar-refractivity contribution is 7.92. The second-order valence-electron chi connectivity index (χ2n) is 8.15. The van der Waals surface area contributed by atoms with Crippen LogP contribution in [0.1, 0.15) is 42.5 Å². The van der Waals surface area contributed by atoms with E-state index in [0.717, 1.165) is 75.4 Å². The molecule has 1 aromatic carbocycles. The Kier molecular flexibility index (Phi) is 6.79. The molecule has 1 saturated heterocycles. The van der Waals surface area contributed by atoms with E-state index in [1.54, 1.807) is 12.1 Å². The number of sulfonamides is 1. The molecule has 2 aliphatic rings. The second kappa shape index (κ2) is 9.54. The summed E-state index contributed by atoms with van der Waals surface area (Å²) < 4.78 is 39.7. The number of rotatable bonds is 6. The Morgan fingerprint density at radius 2 is 1.87 bits per heavy atom. The Labute approximate surface area is 184 Å². The van der Waals surface area contributed by atoms with Crippen LogP contribution in [0.15, 0.2) is 35.2 Å². The third-order valence-corrected chi connectivity index (χ3v) is 7.67. The van der Waals surface area contributed by atoms with Gasteiger partial charge < -0.3 is 14.4 Å². The SMILES string of the molecule is CCN1CCc2cc(NS(=O)(=O)c3ccc(C4CCOCC4)cc3)c(OC)nc2CC1. The molecular weight excluding hydrogens is 414 g/mol. The van der Waals surface area contributed by atoms with E-state index >= 15 is 0 Å². The lowest BCUT2D eigenvalue weighted by Gasteiger charge is -2.22. The van der Waals surface area contributed by atoms with Crippen LogP contribution in [-0.4, -0.2) is 58.3 Å². The zero-order chi connectivity index (χ0) is 21.8. The quantitative estimate of drug-likeness (QED) is 0.735. The van der Waals surface area contributed by atoms with E-state index in [4.69, 9.17) is 9.47 Å². The van der Waals surface area contributed by atoms with Crippen LogP contribution in [0, 0.1) is 0 Å². The van der Waals surface area contributed by atoms with E-state index in [1.807, 2.05) is 18.2 Å². The molecule has 2 aromatic rings. The van der Waals surface area contributed by atoms with E-state index in [2.05, 4.69) is 21.5 Å². The maximum Gasteiger partial charge on any atom is 0.262 e. The number of likely N-dealkylation sites (N-methyl/N-ethyl adjacent to an activating group) is 1. The molecule has 0 saturated carbocycles.